The lowest BCUT2D eigenvalue weighted by molar-refractivity contribution is -0.140. The van der Waals surface area contributed by atoms with Gasteiger partial charge in [-0.1, -0.05) is 18.2 Å². The van der Waals surface area contributed by atoms with Crippen LogP contribution < -0.4 is 10.2 Å². The number of anilines is 1. The predicted octanol–water partition coefficient (Wildman–Crippen LogP) is 0.641. The molecule has 1 aromatic carbocycles. The van der Waals surface area contributed by atoms with Crippen LogP contribution in [0, 0.1) is 0 Å². The summed E-state index contributed by atoms with van der Waals surface area (Å²) >= 11 is 1.07. The topological polar surface area (TPSA) is 104 Å². The Kier molecular flexibility index (Phi) is 5.38. The van der Waals surface area contributed by atoms with Crippen LogP contribution >= 0.6 is 11.8 Å². The van der Waals surface area contributed by atoms with Crippen molar-refractivity contribution in [2.24, 2.45) is 0 Å². The smallest absolute Gasteiger partial charge is 0.327 e. The maximum Gasteiger partial charge on any atom is 0.327 e. The highest BCUT2D eigenvalue weighted by molar-refractivity contribution is 8.00. The molecule has 1 saturated heterocycles. The summed E-state index contributed by atoms with van der Waals surface area (Å²) in [5.74, 6) is -2.30. The molecule has 2 rings (SSSR count). The molecule has 1 fully saturated rings. The van der Waals surface area contributed by atoms with Crippen LogP contribution in [0.15, 0.2) is 30.3 Å². The first-order valence-electron chi connectivity index (χ1n) is 6.93. The second-order valence-electron chi connectivity index (χ2n) is 5.02. The van der Waals surface area contributed by atoms with Gasteiger partial charge in [-0.3, -0.25) is 14.4 Å². The van der Waals surface area contributed by atoms with E-state index in [1.807, 2.05) is 0 Å². The third kappa shape index (κ3) is 4.10. The van der Waals surface area contributed by atoms with Crippen molar-refractivity contribution < 1.29 is 24.3 Å². The molecule has 1 aromatic rings. The number of nitrogens with zero attached hydrogens (tertiary/aromatic N) is 1. The van der Waals surface area contributed by atoms with Crippen LogP contribution in [-0.2, 0) is 19.2 Å². The molecule has 0 aromatic heterocycles. The van der Waals surface area contributed by atoms with Gasteiger partial charge in [0, 0.05) is 19.1 Å². The van der Waals surface area contributed by atoms with Gasteiger partial charge in [0.1, 0.15) is 6.04 Å². The Labute approximate surface area is 137 Å². The first-order valence-corrected chi connectivity index (χ1v) is 7.98. The number of hydrogen-bond donors (Lipinski definition) is 2. The molecule has 7 nitrogen and oxygen atoms in total. The van der Waals surface area contributed by atoms with Gasteiger partial charge in [0.15, 0.2) is 0 Å². The lowest BCUT2D eigenvalue weighted by atomic mass is 10.3. The van der Waals surface area contributed by atoms with Crippen LogP contribution in [0.3, 0.4) is 0 Å². The van der Waals surface area contributed by atoms with Gasteiger partial charge >= 0.3 is 5.97 Å². The Morgan fingerprint density at radius 1 is 1.35 bits per heavy atom. The molecule has 1 aliphatic heterocycles. The number of thioether (sulfide) groups is 1. The van der Waals surface area contributed by atoms with Crippen molar-refractivity contribution in [3.05, 3.63) is 30.3 Å². The van der Waals surface area contributed by atoms with Gasteiger partial charge < -0.3 is 10.4 Å². The van der Waals surface area contributed by atoms with Gasteiger partial charge in [-0.2, -0.15) is 0 Å². The van der Waals surface area contributed by atoms with Crippen LogP contribution in [-0.4, -0.2) is 45.8 Å². The Morgan fingerprint density at radius 3 is 2.57 bits per heavy atom. The number of para-hydroxylation sites is 1. The minimum absolute atomic E-state index is 0.0151. The number of carbonyl (C=O) groups excluding carboxylic acids is 3. The van der Waals surface area contributed by atoms with E-state index >= 15 is 0 Å². The maximum absolute atomic E-state index is 12.4. The van der Waals surface area contributed by atoms with Crippen LogP contribution in [0.2, 0.25) is 0 Å². The molecule has 2 N–H and O–H groups in total. The molecule has 0 saturated carbocycles. The molecule has 2 atom stereocenters. The lowest BCUT2D eigenvalue weighted by Crippen LogP contribution is -2.42. The average Bonchev–Trinajstić information content (AvgIpc) is 2.78. The van der Waals surface area contributed by atoms with Crippen molar-refractivity contribution in [2.75, 3.05) is 10.7 Å². The second-order valence-corrected chi connectivity index (χ2v) is 6.26. The standard InChI is InChI=1S/C15H16N2O5S/c1-9(18)16-11(15(21)22)8-23-12-7-13(19)17(14(12)20)10-5-3-2-4-6-10/h2-6,11-12H,7-8H2,1H3,(H,16,18)(H,21,22)/t11-,12-/m1/s1. The van der Waals surface area contributed by atoms with E-state index in [1.54, 1.807) is 30.3 Å². The predicted molar refractivity (Wildman–Crippen MR) is 85.0 cm³/mol. The largest absolute Gasteiger partial charge is 0.480 e. The average molecular weight is 336 g/mol. The van der Waals surface area contributed by atoms with E-state index < -0.39 is 23.2 Å². The van der Waals surface area contributed by atoms with E-state index in [2.05, 4.69) is 5.32 Å². The van der Waals surface area contributed by atoms with Crippen LogP contribution in [0.1, 0.15) is 13.3 Å². The normalized spacial score (nSPS) is 18.8. The molecular weight excluding hydrogens is 320 g/mol. The fourth-order valence-corrected chi connectivity index (χ4v) is 3.37. The minimum Gasteiger partial charge on any atom is -0.480 e. The molecule has 0 radical (unpaired) electrons. The quantitative estimate of drug-likeness (QED) is 0.739. The second kappa shape index (κ2) is 7.28. The molecule has 8 heteroatoms. The molecule has 3 amide bonds. The van der Waals surface area contributed by atoms with Gasteiger partial charge in [-0.05, 0) is 12.1 Å². The number of imide groups is 1. The summed E-state index contributed by atoms with van der Waals surface area (Å²) in [5, 5.41) is 10.7. The number of aliphatic carboxylic acids is 1. The zero-order valence-corrected chi connectivity index (χ0v) is 13.2. The van der Waals surface area contributed by atoms with Crippen LogP contribution in [0.25, 0.3) is 0 Å². The van der Waals surface area contributed by atoms with Gasteiger partial charge in [0.25, 0.3) is 0 Å². The van der Waals surface area contributed by atoms with E-state index in [0.717, 1.165) is 16.7 Å². The number of benzene rings is 1. The van der Waals surface area contributed by atoms with E-state index in [1.165, 1.54) is 6.92 Å². The molecular formula is C15H16N2O5S. The van der Waals surface area contributed by atoms with E-state index in [-0.39, 0.29) is 24.0 Å². The summed E-state index contributed by atoms with van der Waals surface area (Å²) in [5.41, 5.74) is 0.502. The van der Waals surface area contributed by atoms with Crippen LogP contribution in [0.4, 0.5) is 5.69 Å². The van der Waals surface area contributed by atoms with Crippen molar-refractivity contribution >= 4 is 41.1 Å². The van der Waals surface area contributed by atoms with Gasteiger partial charge in [-0.25, -0.2) is 9.69 Å². The zero-order chi connectivity index (χ0) is 17.0. The number of hydrogen-bond acceptors (Lipinski definition) is 5. The molecule has 122 valence electrons. The fraction of sp³-hybridized carbons (Fsp3) is 0.333. The van der Waals surface area contributed by atoms with Crippen molar-refractivity contribution in [3.63, 3.8) is 0 Å². The first-order chi connectivity index (χ1) is 10.9. The van der Waals surface area contributed by atoms with Gasteiger partial charge in [-0.15, -0.1) is 11.8 Å². The van der Waals surface area contributed by atoms with Crippen molar-refractivity contribution in [1.29, 1.82) is 0 Å². The first kappa shape index (κ1) is 17.0. The summed E-state index contributed by atoms with van der Waals surface area (Å²) in [7, 11) is 0. The minimum atomic E-state index is -1.18. The molecule has 0 spiro atoms. The maximum atomic E-state index is 12.4. The highest BCUT2D eigenvalue weighted by Gasteiger charge is 2.40. The van der Waals surface area contributed by atoms with Crippen LogP contribution in [0.5, 0.6) is 0 Å². The van der Waals surface area contributed by atoms with Crippen molar-refractivity contribution in [1.82, 2.24) is 5.32 Å². The molecule has 1 aliphatic rings. The third-order valence-electron chi connectivity index (χ3n) is 3.26. The number of nitrogens with one attached hydrogen (secondary N) is 1. The monoisotopic (exact) mass is 336 g/mol. The summed E-state index contributed by atoms with van der Waals surface area (Å²) in [6, 6.07) is 7.49. The van der Waals surface area contributed by atoms with Gasteiger partial charge in [0.2, 0.25) is 17.7 Å². The fourth-order valence-electron chi connectivity index (χ4n) is 2.22. The Bertz CT molecular complexity index is 634. The highest BCUT2D eigenvalue weighted by atomic mass is 32.2. The number of carboxylic acids is 1. The summed E-state index contributed by atoms with van der Waals surface area (Å²) in [6.45, 7) is 1.22. The third-order valence-corrected chi connectivity index (χ3v) is 4.56. The molecule has 23 heavy (non-hydrogen) atoms. The zero-order valence-electron chi connectivity index (χ0n) is 12.4. The Hall–Kier alpha value is -2.35. The summed E-state index contributed by atoms with van der Waals surface area (Å²) in [6.07, 6.45) is 0.0187. The number of rotatable bonds is 6. The summed E-state index contributed by atoms with van der Waals surface area (Å²) in [4.78, 5) is 47.6. The molecule has 0 aliphatic carbocycles. The van der Waals surface area contributed by atoms with Crippen molar-refractivity contribution in [2.45, 2.75) is 24.6 Å². The Morgan fingerprint density at radius 2 is 2.00 bits per heavy atom. The number of amides is 3. The van der Waals surface area contributed by atoms with E-state index in [0.29, 0.717) is 5.69 Å². The summed E-state index contributed by atoms with van der Waals surface area (Å²) < 4.78 is 0. The van der Waals surface area contributed by atoms with E-state index in [4.69, 9.17) is 5.11 Å². The van der Waals surface area contributed by atoms with Crippen molar-refractivity contribution in [3.8, 4) is 0 Å². The molecule has 0 bridgehead atoms. The molecule has 0 unspecified atom stereocenters. The highest BCUT2D eigenvalue weighted by Crippen LogP contribution is 2.29. The Balaban J connectivity index is 2.02. The van der Waals surface area contributed by atoms with E-state index in [9.17, 15) is 19.2 Å². The number of carboxylic acid groups (broad SMARTS) is 1. The number of carbonyl (C=O) groups is 4. The SMILES string of the molecule is CC(=O)N[C@H](CS[C@@H]1CC(=O)N(c2ccccc2)C1=O)C(=O)O. The van der Waals surface area contributed by atoms with Gasteiger partial charge in [0.05, 0.1) is 10.9 Å². The lowest BCUT2D eigenvalue weighted by Gasteiger charge is -2.16. The molecule has 1 heterocycles.